The number of hydrogen-bond donors (Lipinski definition) is 0. The average Bonchev–Trinajstić information content (AvgIpc) is 3.53. The molecule has 0 spiro atoms. The van der Waals surface area contributed by atoms with Crippen LogP contribution in [0.25, 0.3) is 0 Å². The first kappa shape index (κ1) is 20.4. The second-order valence-corrected chi connectivity index (χ2v) is 7.66. The first-order valence-corrected chi connectivity index (χ1v) is 9.75. The van der Waals surface area contributed by atoms with Gasteiger partial charge in [0.1, 0.15) is 5.82 Å². The van der Waals surface area contributed by atoms with Crippen LogP contribution in [0, 0.1) is 11.7 Å². The van der Waals surface area contributed by atoms with Crippen LogP contribution in [-0.4, -0.2) is 47.8 Å². The Labute approximate surface area is 171 Å². The molecule has 0 radical (unpaired) electrons. The van der Waals surface area contributed by atoms with Crippen molar-refractivity contribution >= 4 is 11.8 Å². The smallest absolute Gasteiger partial charge is 0.339 e. The second-order valence-electron chi connectivity index (χ2n) is 7.66. The van der Waals surface area contributed by atoms with Crippen LogP contribution in [0.4, 0.5) is 17.6 Å². The first-order chi connectivity index (χ1) is 14.3. The van der Waals surface area contributed by atoms with Gasteiger partial charge in [0.2, 0.25) is 5.91 Å². The fourth-order valence-corrected chi connectivity index (χ4v) is 4.00. The molecule has 0 N–H and O–H groups in total. The molecule has 4 rings (SSSR count). The molecule has 2 aliphatic rings. The zero-order valence-corrected chi connectivity index (χ0v) is 16.0. The molecule has 2 aromatic rings. The van der Waals surface area contributed by atoms with Gasteiger partial charge in [0, 0.05) is 32.1 Å². The van der Waals surface area contributed by atoms with E-state index < -0.39 is 17.6 Å². The number of alkyl halides is 3. The Morgan fingerprint density at radius 2 is 1.47 bits per heavy atom. The van der Waals surface area contributed by atoms with Crippen LogP contribution in [-0.2, 0) is 11.0 Å². The molecule has 0 unspecified atom stereocenters. The van der Waals surface area contributed by atoms with Gasteiger partial charge in [0.05, 0.1) is 11.1 Å². The first-order valence-electron chi connectivity index (χ1n) is 9.75. The highest BCUT2D eigenvalue weighted by molar-refractivity contribution is 5.96. The molecular formula is C22H20F4N2O2. The summed E-state index contributed by atoms with van der Waals surface area (Å²) in [6.45, 7) is 0.937. The maximum Gasteiger partial charge on any atom is 0.417 e. The molecule has 158 valence electrons. The lowest BCUT2D eigenvalue weighted by molar-refractivity contribution is -0.138. The third kappa shape index (κ3) is 4.04. The molecule has 8 heteroatoms. The van der Waals surface area contributed by atoms with E-state index >= 15 is 0 Å². The van der Waals surface area contributed by atoms with Crippen molar-refractivity contribution in [2.24, 2.45) is 5.92 Å². The van der Waals surface area contributed by atoms with Crippen molar-refractivity contribution in [1.29, 1.82) is 0 Å². The number of piperazine rings is 1. The van der Waals surface area contributed by atoms with E-state index in [2.05, 4.69) is 0 Å². The average molecular weight is 420 g/mol. The van der Waals surface area contributed by atoms with Crippen LogP contribution in [0.3, 0.4) is 0 Å². The molecule has 2 amide bonds. The van der Waals surface area contributed by atoms with Gasteiger partial charge >= 0.3 is 6.18 Å². The van der Waals surface area contributed by atoms with E-state index in [0.717, 1.165) is 11.6 Å². The van der Waals surface area contributed by atoms with Crippen LogP contribution < -0.4 is 0 Å². The number of carbonyl (C=O) groups excluding carboxylic acids is 2. The van der Waals surface area contributed by atoms with Gasteiger partial charge in [-0.15, -0.1) is 0 Å². The number of nitrogens with zero attached hydrogens (tertiary/aromatic N) is 2. The minimum Gasteiger partial charge on any atom is -0.339 e. The molecule has 2 fully saturated rings. The minimum atomic E-state index is -4.61. The summed E-state index contributed by atoms with van der Waals surface area (Å²) in [5, 5.41) is 0. The number of amides is 2. The Hall–Kier alpha value is -2.90. The topological polar surface area (TPSA) is 40.6 Å². The van der Waals surface area contributed by atoms with Crippen molar-refractivity contribution in [3.8, 4) is 0 Å². The van der Waals surface area contributed by atoms with E-state index in [-0.39, 0.29) is 55.3 Å². The summed E-state index contributed by atoms with van der Waals surface area (Å²) < 4.78 is 52.6. The minimum absolute atomic E-state index is 0.0212. The standard InChI is InChI=1S/C22H20F4N2O2/c23-15-7-5-14(6-8-15)17-13-18(17)21(30)28-11-9-27(10-12-28)20(29)16-3-1-2-4-19(16)22(24,25)26/h1-8,17-18H,9-13H2/t17-,18-/m0/s1. The van der Waals surface area contributed by atoms with Crippen molar-refractivity contribution in [2.75, 3.05) is 26.2 Å². The van der Waals surface area contributed by atoms with Gasteiger partial charge in [0.15, 0.2) is 0 Å². The predicted molar refractivity (Wildman–Crippen MR) is 101 cm³/mol. The second kappa shape index (κ2) is 7.74. The third-order valence-corrected chi connectivity index (χ3v) is 5.75. The van der Waals surface area contributed by atoms with Gasteiger partial charge in [-0.3, -0.25) is 9.59 Å². The number of rotatable bonds is 3. The maximum atomic E-state index is 13.2. The summed E-state index contributed by atoms with van der Waals surface area (Å²) in [5.41, 5.74) is -0.399. The van der Waals surface area contributed by atoms with Crippen LogP contribution >= 0.6 is 0 Å². The highest BCUT2D eigenvalue weighted by Crippen LogP contribution is 2.48. The monoisotopic (exact) mass is 420 g/mol. The molecule has 30 heavy (non-hydrogen) atoms. The molecule has 1 aliphatic heterocycles. The van der Waals surface area contributed by atoms with E-state index in [9.17, 15) is 27.2 Å². The summed E-state index contributed by atoms with van der Waals surface area (Å²) in [6, 6.07) is 10.9. The van der Waals surface area contributed by atoms with Gasteiger partial charge in [-0.2, -0.15) is 13.2 Å². The van der Waals surface area contributed by atoms with E-state index in [1.807, 2.05) is 0 Å². The van der Waals surface area contributed by atoms with Crippen LogP contribution in [0.2, 0.25) is 0 Å². The Kier molecular flexibility index (Phi) is 5.26. The Balaban J connectivity index is 1.36. The number of benzene rings is 2. The zero-order chi connectivity index (χ0) is 21.5. The molecule has 0 aromatic heterocycles. The quantitative estimate of drug-likeness (QED) is 0.706. The van der Waals surface area contributed by atoms with E-state index in [0.29, 0.717) is 6.42 Å². The van der Waals surface area contributed by atoms with Crippen LogP contribution in [0.5, 0.6) is 0 Å². The molecule has 1 aliphatic carbocycles. The summed E-state index contributed by atoms with van der Waals surface area (Å²) >= 11 is 0. The predicted octanol–water partition coefficient (Wildman–Crippen LogP) is 3.93. The summed E-state index contributed by atoms with van der Waals surface area (Å²) in [7, 11) is 0. The Morgan fingerprint density at radius 3 is 2.10 bits per heavy atom. The van der Waals surface area contributed by atoms with Crippen molar-refractivity contribution in [3.63, 3.8) is 0 Å². The van der Waals surface area contributed by atoms with E-state index in [4.69, 9.17) is 0 Å². The molecule has 2 aromatic carbocycles. The highest BCUT2D eigenvalue weighted by Gasteiger charge is 2.46. The molecule has 1 saturated heterocycles. The third-order valence-electron chi connectivity index (χ3n) is 5.75. The van der Waals surface area contributed by atoms with E-state index in [1.54, 1.807) is 17.0 Å². The van der Waals surface area contributed by atoms with E-state index in [1.165, 1.54) is 35.2 Å². The SMILES string of the molecule is O=C(c1ccccc1C(F)(F)F)N1CCN(C(=O)[C@H]2C[C@H]2c2ccc(F)cc2)CC1. The van der Waals surface area contributed by atoms with Gasteiger partial charge in [-0.1, -0.05) is 24.3 Å². The van der Waals surface area contributed by atoms with Gasteiger partial charge in [-0.25, -0.2) is 4.39 Å². The molecule has 1 heterocycles. The largest absolute Gasteiger partial charge is 0.417 e. The fourth-order valence-electron chi connectivity index (χ4n) is 4.00. The van der Waals surface area contributed by atoms with Gasteiger partial charge < -0.3 is 9.80 Å². The van der Waals surface area contributed by atoms with Gasteiger partial charge in [-0.05, 0) is 42.2 Å². The van der Waals surface area contributed by atoms with Crippen molar-refractivity contribution < 1.29 is 27.2 Å². The lowest BCUT2D eigenvalue weighted by atomic mass is 10.1. The number of hydrogen-bond acceptors (Lipinski definition) is 2. The fraction of sp³-hybridized carbons (Fsp3) is 0.364. The lowest BCUT2D eigenvalue weighted by Crippen LogP contribution is -2.51. The Bertz CT molecular complexity index is 950. The summed E-state index contributed by atoms with van der Waals surface area (Å²) in [5.74, 6) is -1.12. The van der Waals surface area contributed by atoms with Crippen molar-refractivity contribution in [3.05, 3.63) is 71.0 Å². The highest BCUT2D eigenvalue weighted by atomic mass is 19.4. The van der Waals surface area contributed by atoms with Crippen LogP contribution in [0.1, 0.15) is 33.8 Å². The summed E-state index contributed by atoms with van der Waals surface area (Å²) in [6.07, 6.45) is -3.91. The molecule has 2 atom stereocenters. The molecule has 4 nitrogen and oxygen atoms in total. The molecular weight excluding hydrogens is 400 g/mol. The number of halogens is 4. The van der Waals surface area contributed by atoms with Gasteiger partial charge in [0.25, 0.3) is 5.91 Å². The Morgan fingerprint density at radius 1 is 0.867 bits per heavy atom. The normalized spacial score (nSPS) is 21.5. The molecule has 0 bridgehead atoms. The van der Waals surface area contributed by atoms with Crippen LogP contribution in [0.15, 0.2) is 48.5 Å². The zero-order valence-electron chi connectivity index (χ0n) is 16.0. The lowest BCUT2D eigenvalue weighted by Gasteiger charge is -2.35. The molecule has 1 saturated carbocycles. The number of carbonyl (C=O) groups is 2. The van der Waals surface area contributed by atoms with Crippen molar-refractivity contribution in [1.82, 2.24) is 9.80 Å². The maximum absolute atomic E-state index is 13.2. The van der Waals surface area contributed by atoms with Crippen molar-refractivity contribution in [2.45, 2.75) is 18.5 Å². The summed E-state index contributed by atoms with van der Waals surface area (Å²) in [4.78, 5) is 28.4.